The summed E-state index contributed by atoms with van der Waals surface area (Å²) in [4.78, 5) is 9.11. The fraction of sp³-hybridized carbons (Fsp3) is 0.483. The Morgan fingerprint density at radius 3 is 2.53 bits per heavy atom. The number of hydrogen-bond donors (Lipinski definition) is 0. The van der Waals surface area contributed by atoms with Crippen molar-refractivity contribution in [1.29, 1.82) is 0 Å². The van der Waals surface area contributed by atoms with Crippen molar-refractivity contribution in [1.82, 2.24) is 20.1 Å². The molecule has 5 rings (SSSR count). The van der Waals surface area contributed by atoms with Crippen molar-refractivity contribution >= 4 is 5.69 Å². The molecule has 3 atom stereocenters. The molecule has 3 aromatic rings. The molecule has 190 valence electrons. The summed E-state index contributed by atoms with van der Waals surface area (Å²) in [7, 11) is 0. The van der Waals surface area contributed by atoms with Crippen LogP contribution >= 0.6 is 0 Å². The normalized spacial score (nSPS) is 23.2. The van der Waals surface area contributed by atoms with Crippen LogP contribution in [0.2, 0.25) is 0 Å². The smallest absolute Gasteiger partial charge is 0.249 e. The van der Waals surface area contributed by atoms with Crippen molar-refractivity contribution in [3.63, 3.8) is 0 Å². The lowest BCUT2D eigenvalue weighted by Crippen LogP contribution is -2.49. The van der Waals surface area contributed by atoms with Gasteiger partial charge in [-0.05, 0) is 73.4 Å². The molecule has 2 aliphatic rings. The number of anilines is 1. The predicted octanol–water partition coefficient (Wildman–Crippen LogP) is 5.49. The summed E-state index contributed by atoms with van der Waals surface area (Å²) < 4.78 is 19.3. The summed E-state index contributed by atoms with van der Waals surface area (Å²) in [5.41, 5.74) is 3.40. The lowest BCUT2D eigenvalue weighted by atomic mass is 9.69. The molecule has 1 aliphatic carbocycles. The largest absolute Gasteiger partial charge is 0.421 e. The second kappa shape index (κ2) is 10.9. The molecular formula is C29H36FN5O. The van der Waals surface area contributed by atoms with E-state index in [0.717, 1.165) is 56.8 Å². The number of pyridine rings is 1. The topological polar surface area (TPSA) is 58.3 Å². The zero-order chi connectivity index (χ0) is 25.1. The molecule has 36 heavy (non-hydrogen) atoms. The van der Waals surface area contributed by atoms with E-state index in [1.165, 1.54) is 5.57 Å². The number of benzene rings is 1. The Morgan fingerprint density at radius 1 is 1.06 bits per heavy atom. The SMILES string of the molecule is CC1=C[C@@H](CN2CCN(c3ccc(F)cc3)CC2)[C@H](C(C)C)C[C@H]1Cc1nnc(-c2cccnc2)o1. The van der Waals surface area contributed by atoms with Crippen LogP contribution in [0.3, 0.4) is 0 Å². The quantitative estimate of drug-likeness (QED) is 0.409. The van der Waals surface area contributed by atoms with Gasteiger partial charge in [-0.25, -0.2) is 4.39 Å². The summed E-state index contributed by atoms with van der Waals surface area (Å²) in [6.07, 6.45) is 7.93. The standard InChI is InChI=1S/C29H36FN5O/c1-20(2)27-16-23(17-28-32-33-29(36-28)22-5-4-10-31-18-22)21(3)15-24(27)19-34-11-13-35(14-12-34)26-8-6-25(30)7-9-26/h4-10,15,18,20,23-24,27H,11-14,16-17,19H2,1-3H3/t23-,24-,27-/m0/s1. The molecule has 1 fully saturated rings. The highest BCUT2D eigenvalue weighted by atomic mass is 19.1. The van der Waals surface area contributed by atoms with Crippen LogP contribution in [-0.2, 0) is 6.42 Å². The Bertz CT molecular complexity index is 1150. The molecule has 3 heterocycles. The zero-order valence-electron chi connectivity index (χ0n) is 21.5. The summed E-state index contributed by atoms with van der Waals surface area (Å²) in [6, 6.07) is 10.7. The number of piperazine rings is 1. The summed E-state index contributed by atoms with van der Waals surface area (Å²) in [5.74, 6) is 3.25. The lowest BCUT2D eigenvalue weighted by Gasteiger charge is -2.42. The molecule has 2 aromatic heterocycles. The molecule has 0 saturated carbocycles. The van der Waals surface area contributed by atoms with E-state index < -0.39 is 0 Å². The second-order valence-electron chi connectivity index (χ2n) is 10.6. The van der Waals surface area contributed by atoms with Crippen LogP contribution in [-0.4, -0.2) is 52.8 Å². The van der Waals surface area contributed by atoms with Gasteiger partial charge in [0.15, 0.2) is 0 Å². The molecule has 0 unspecified atom stereocenters. The van der Waals surface area contributed by atoms with Crippen LogP contribution in [0.25, 0.3) is 11.5 Å². The number of hydrogen-bond acceptors (Lipinski definition) is 6. The molecule has 0 N–H and O–H groups in total. The molecule has 0 spiro atoms. The Morgan fingerprint density at radius 2 is 1.83 bits per heavy atom. The number of halogens is 1. The van der Waals surface area contributed by atoms with Crippen molar-refractivity contribution in [2.24, 2.45) is 23.7 Å². The Kier molecular flexibility index (Phi) is 7.46. The molecule has 0 radical (unpaired) electrons. The van der Waals surface area contributed by atoms with Gasteiger partial charge in [0.05, 0.1) is 5.56 Å². The van der Waals surface area contributed by atoms with Gasteiger partial charge in [-0.1, -0.05) is 25.5 Å². The maximum atomic E-state index is 13.3. The number of rotatable bonds is 7. The highest BCUT2D eigenvalue weighted by molar-refractivity contribution is 5.50. The van der Waals surface area contributed by atoms with E-state index in [1.54, 1.807) is 24.5 Å². The fourth-order valence-electron chi connectivity index (χ4n) is 5.78. The molecule has 1 aliphatic heterocycles. The van der Waals surface area contributed by atoms with Crippen molar-refractivity contribution in [3.8, 4) is 11.5 Å². The van der Waals surface area contributed by atoms with E-state index in [-0.39, 0.29) is 5.82 Å². The van der Waals surface area contributed by atoms with Crippen molar-refractivity contribution < 1.29 is 8.81 Å². The van der Waals surface area contributed by atoms with Crippen LogP contribution in [0.1, 0.15) is 33.1 Å². The van der Waals surface area contributed by atoms with Crippen molar-refractivity contribution in [2.75, 3.05) is 37.6 Å². The molecule has 0 bridgehead atoms. The van der Waals surface area contributed by atoms with E-state index in [4.69, 9.17) is 4.42 Å². The van der Waals surface area contributed by atoms with Crippen LogP contribution in [0.4, 0.5) is 10.1 Å². The number of nitrogens with zero attached hydrogens (tertiary/aromatic N) is 5. The van der Waals surface area contributed by atoms with Crippen LogP contribution < -0.4 is 4.90 Å². The van der Waals surface area contributed by atoms with Gasteiger partial charge in [-0.2, -0.15) is 0 Å². The van der Waals surface area contributed by atoms with Gasteiger partial charge in [0.25, 0.3) is 0 Å². The fourth-order valence-corrected chi connectivity index (χ4v) is 5.78. The number of allylic oxidation sites excluding steroid dienone is 1. The van der Waals surface area contributed by atoms with Gasteiger partial charge < -0.3 is 9.32 Å². The van der Waals surface area contributed by atoms with E-state index in [9.17, 15) is 4.39 Å². The summed E-state index contributed by atoms with van der Waals surface area (Å²) in [6.45, 7) is 12.1. The Labute approximate surface area is 213 Å². The highest BCUT2D eigenvalue weighted by Crippen LogP contribution is 2.39. The molecule has 7 heteroatoms. The Hall–Kier alpha value is -3.06. The minimum absolute atomic E-state index is 0.178. The second-order valence-corrected chi connectivity index (χ2v) is 10.6. The average Bonchev–Trinajstić information content (AvgIpc) is 3.36. The molecule has 1 aromatic carbocycles. The van der Waals surface area contributed by atoms with E-state index in [2.05, 4.69) is 51.8 Å². The van der Waals surface area contributed by atoms with Crippen LogP contribution in [0.5, 0.6) is 0 Å². The van der Waals surface area contributed by atoms with Gasteiger partial charge in [0.2, 0.25) is 11.8 Å². The van der Waals surface area contributed by atoms with Crippen LogP contribution in [0.15, 0.2) is 64.9 Å². The third-order valence-electron chi connectivity index (χ3n) is 7.91. The van der Waals surface area contributed by atoms with Gasteiger partial charge >= 0.3 is 0 Å². The highest BCUT2D eigenvalue weighted by Gasteiger charge is 2.34. The maximum absolute atomic E-state index is 13.3. The van der Waals surface area contributed by atoms with E-state index in [0.29, 0.717) is 35.5 Å². The molecule has 6 nitrogen and oxygen atoms in total. The van der Waals surface area contributed by atoms with E-state index in [1.807, 2.05) is 24.3 Å². The van der Waals surface area contributed by atoms with Gasteiger partial charge in [0.1, 0.15) is 5.82 Å². The van der Waals surface area contributed by atoms with Crippen LogP contribution in [0, 0.1) is 29.5 Å². The number of aromatic nitrogens is 3. The molecule has 1 saturated heterocycles. The first-order valence-corrected chi connectivity index (χ1v) is 13.1. The lowest BCUT2D eigenvalue weighted by molar-refractivity contribution is 0.155. The molecular weight excluding hydrogens is 453 g/mol. The van der Waals surface area contributed by atoms with Gasteiger partial charge in [-0.3, -0.25) is 9.88 Å². The minimum atomic E-state index is -0.178. The molecule has 0 amide bonds. The Balaban J connectivity index is 1.21. The maximum Gasteiger partial charge on any atom is 0.249 e. The van der Waals surface area contributed by atoms with Crippen molar-refractivity contribution in [3.05, 3.63) is 72.1 Å². The minimum Gasteiger partial charge on any atom is -0.421 e. The van der Waals surface area contributed by atoms with Gasteiger partial charge in [0, 0.05) is 57.2 Å². The first kappa shape index (κ1) is 24.6. The summed E-state index contributed by atoms with van der Waals surface area (Å²) in [5, 5.41) is 8.59. The summed E-state index contributed by atoms with van der Waals surface area (Å²) >= 11 is 0. The van der Waals surface area contributed by atoms with E-state index >= 15 is 0 Å². The van der Waals surface area contributed by atoms with Crippen molar-refractivity contribution in [2.45, 2.75) is 33.6 Å². The van der Waals surface area contributed by atoms with Gasteiger partial charge in [-0.15, -0.1) is 10.2 Å². The first-order chi connectivity index (χ1) is 17.5. The monoisotopic (exact) mass is 489 g/mol. The average molecular weight is 490 g/mol. The third kappa shape index (κ3) is 5.67. The third-order valence-corrected chi connectivity index (χ3v) is 7.91. The predicted molar refractivity (Wildman–Crippen MR) is 140 cm³/mol. The first-order valence-electron chi connectivity index (χ1n) is 13.1. The zero-order valence-corrected chi connectivity index (χ0v) is 21.5.